The Morgan fingerprint density at radius 1 is 1.45 bits per heavy atom. The van der Waals surface area contributed by atoms with E-state index >= 15 is 0 Å². The topological polar surface area (TPSA) is 54.9 Å². The minimum absolute atomic E-state index is 0.134. The van der Waals surface area contributed by atoms with Crippen molar-refractivity contribution in [3.63, 3.8) is 0 Å². The molecular weight excluding hydrogens is 270 g/mol. The molecule has 1 amide bonds. The van der Waals surface area contributed by atoms with Crippen LogP contribution in [0.4, 0.5) is 0 Å². The molecule has 0 aromatic carbocycles. The summed E-state index contributed by atoms with van der Waals surface area (Å²) in [6.07, 6.45) is 5.33. The highest BCUT2D eigenvalue weighted by molar-refractivity contribution is 7.09. The highest BCUT2D eigenvalue weighted by Gasteiger charge is 2.43. The molecule has 2 heterocycles. The van der Waals surface area contributed by atoms with Gasteiger partial charge in [0.15, 0.2) is 0 Å². The SMILES string of the molecule is Cc1nc(CCNC(=O)[C@@H]2C[C@H]2c2ccncc2)cs1. The molecule has 1 N–H and O–H groups in total. The van der Waals surface area contributed by atoms with Gasteiger partial charge in [-0.3, -0.25) is 9.78 Å². The fourth-order valence-electron chi connectivity index (χ4n) is 2.43. The number of rotatable bonds is 5. The number of amides is 1. The summed E-state index contributed by atoms with van der Waals surface area (Å²) in [5.74, 6) is 0.674. The number of aryl methyl sites for hydroxylation is 1. The van der Waals surface area contributed by atoms with Crippen molar-refractivity contribution >= 4 is 17.2 Å². The van der Waals surface area contributed by atoms with Crippen LogP contribution in [0.15, 0.2) is 29.9 Å². The molecule has 2 aromatic rings. The van der Waals surface area contributed by atoms with Crippen molar-refractivity contribution in [1.82, 2.24) is 15.3 Å². The minimum atomic E-state index is 0.134. The molecule has 0 unspecified atom stereocenters. The predicted octanol–water partition coefficient (Wildman–Crippen LogP) is 2.31. The van der Waals surface area contributed by atoms with Crippen molar-refractivity contribution < 1.29 is 4.79 Å². The maximum Gasteiger partial charge on any atom is 0.223 e. The van der Waals surface area contributed by atoms with Gasteiger partial charge in [-0.1, -0.05) is 0 Å². The van der Waals surface area contributed by atoms with E-state index in [4.69, 9.17) is 0 Å². The average molecular weight is 287 g/mol. The lowest BCUT2D eigenvalue weighted by Gasteiger charge is -2.03. The van der Waals surface area contributed by atoms with E-state index in [9.17, 15) is 4.79 Å². The van der Waals surface area contributed by atoms with Gasteiger partial charge in [0.2, 0.25) is 5.91 Å². The van der Waals surface area contributed by atoms with Gasteiger partial charge in [0, 0.05) is 36.7 Å². The van der Waals surface area contributed by atoms with Crippen LogP contribution in [0.5, 0.6) is 0 Å². The molecule has 1 saturated carbocycles. The first-order valence-corrected chi connectivity index (χ1v) is 7.70. The lowest BCUT2D eigenvalue weighted by Crippen LogP contribution is -2.27. The lowest BCUT2D eigenvalue weighted by molar-refractivity contribution is -0.122. The van der Waals surface area contributed by atoms with Gasteiger partial charge in [0.1, 0.15) is 0 Å². The van der Waals surface area contributed by atoms with E-state index in [-0.39, 0.29) is 11.8 Å². The highest BCUT2D eigenvalue weighted by Crippen LogP contribution is 2.47. The number of carbonyl (C=O) groups is 1. The number of nitrogens with zero attached hydrogens (tertiary/aromatic N) is 2. The Bertz CT molecular complexity index is 596. The number of hydrogen-bond donors (Lipinski definition) is 1. The lowest BCUT2D eigenvalue weighted by atomic mass is 10.1. The summed E-state index contributed by atoms with van der Waals surface area (Å²) in [7, 11) is 0. The molecule has 0 spiro atoms. The second kappa shape index (κ2) is 5.71. The van der Waals surface area contributed by atoms with Crippen molar-refractivity contribution in [3.8, 4) is 0 Å². The van der Waals surface area contributed by atoms with Crippen LogP contribution in [0.25, 0.3) is 0 Å². The molecule has 104 valence electrons. The average Bonchev–Trinajstić information content (AvgIpc) is 3.17. The maximum atomic E-state index is 12.0. The molecule has 5 heteroatoms. The zero-order chi connectivity index (χ0) is 13.9. The van der Waals surface area contributed by atoms with E-state index in [0.29, 0.717) is 12.5 Å². The van der Waals surface area contributed by atoms with Crippen LogP contribution in [-0.4, -0.2) is 22.4 Å². The minimum Gasteiger partial charge on any atom is -0.355 e. The van der Waals surface area contributed by atoms with E-state index in [1.165, 1.54) is 5.56 Å². The Morgan fingerprint density at radius 2 is 2.25 bits per heavy atom. The third-order valence-corrected chi connectivity index (χ3v) is 4.43. The van der Waals surface area contributed by atoms with Gasteiger partial charge in [-0.25, -0.2) is 4.98 Å². The summed E-state index contributed by atoms with van der Waals surface area (Å²) in [5.41, 5.74) is 2.28. The molecule has 1 fully saturated rings. The van der Waals surface area contributed by atoms with Gasteiger partial charge in [-0.15, -0.1) is 11.3 Å². The van der Waals surface area contributed by atoms with Gasteiger partial charge in [0.25, 0.3) is 0 Å². The predicted molar refractivity (Wildman–Crippen MR) is 78.6 cm³/mol. The molecule has 3 rings (SSSR count). The van der Waals surface area contributed by atoms with Crippen molar-refractivity contribution in [1.29, 1.82) is 0 Å². The fraction of sp³-hybridized carbons (Fsp3) is 0.400. The summed E-state index contributed by atoms with van der Waals surface area (Å²) in [4.78, 5) is 20.4. The van der Waals surface area contributed by atoms with Crippen LogP contribution in [0.2, 0.25) is 0 Å². The Balaban J connectivity index is 1.45. The number of aromatic nitrogens is 2. The number of pyridine rings is 1. The van der Waals surface area contributed by atoms with Gasteiger partial charge < -0.3 is 5.32 Å². The largest absolute Gasteiger partial charge is 0.355 e. The van der Waals surface area contributed by atoms with E-state index in [1.807, 2.05) is 19.1 Å². The second-order valence-corrected chi connectivity index (χ2v) is 6.19. The molecule has 20 heavy (non-hydrogen) atoms. The summed E-state index contributed by atoms with van der Waals surface area (Å²) >= 11 is 1.65. The van der Waals surface area contributed by atoms with E-state index in [0.717, 1.165) is 23.5 Å². The van der Waals surface area contributed by atoms with Gasteiger partial charge in [-0.05, 0) is 37.0 Å². The van der Waals surface area contributed by atoms with Gasteiger partial charge in [-0.2, -0.15) is 0 Å². The molecule has 2 aromatic heterocycles. The molecule has 0 bridgehead atoms. The van der Waals surface area contributed by atoms with Crippen LogP contribution in [-0.2, 0) is 11.2 Å². The number of nitrogens with one attached hydrogen (secondary N) is 1. The molecule has 2 atom stereocenters. The van der Waals surface area contributed by atoms with Crippen LogP contribution >= 0.6 is 11.3 Å². The van der Waals surface area contributed by atoms with E-state index < -0.39 is 0 Å². The highest BCUT2D eigenvalue weighted by atomic mass is 32.1. The van der Waals surface area contributed by atoms with Crippen molar-refractivity contribution in [2.75, 3.05) is 6.54 Å². The van der Waals surface area contributed by atoms with E-state index in [2.05, 4.69) is 20.7 Å². The summed E-state index contributed by atoms with van der Waals surface area (Å²) < 4.78 is 0. The van der Waals surface area contributed by atoms with E-state index in [1.54, 1.807) is 23.7 Å². The molecule has 0 saturated heterocycles. The number of thiazole rings is 1. The second-order valence-electron chi connectivity index (χ2n) is 5.13. The first kappa shape index (κ1) is 13.2. The Kier molecular flexibility index (Phi) is 3.78. The zero-order valence-electron chi connectivity index (χ0n) is 11.4. The summed E-state index contributed by atoms with van der Waals surface area (Å²) in [6.45, 7) is 2.66. The summed E-state index contributed by atoms with van der Waals surface area (Å²) in [5, 5.41) is 6.14. The first-order valence-electron chi connectivity index (χ1n) is 6.82. The van der Waals surface area contributed by atoms with Crippen molar-refractivity contribution in [2.24, 2.45) is 5.92 Å². The molecule has 1 aliphatic rings. The van der Waals surface area contributed by atoms with Gasteiger partial charge in [0.05, 0.1) is 10.7 Å². The summed E-state index contributed by atoms with van der Waals surface area (Å²) in [6, 6.07) is 3.99. The Labute approximate surface area is 122 Å². The third kappa shape index (κ3) is 3.04. The van der Waals surface area contributed by atoms with Crippen LogP contribution in [0.3, 0.4) is 0 Å². The fourth-order valence-corrected chi connectivity index (χ4v) is 3.08. The number of carbonyl (C=O) groups excluding carboxylic acids is 1. The molecule has 0 aliphatic heterocycles. The quantitative estimate of drug-likeness (QED) is 0.918. The van der Waals surface area contributed by atoms with Crippen LogP contribution in [0, 0.1) is 12.8 Å². The first-order chi connectivity index (χ1) is 9.74. The Morgan fingerprint density at radius 3 is 2.95 bits per heavy atom. The number of hydrogen-bond acceptors (Lipinski definition) is 4. The molecule has 0 radical (unpaired) electrons. The van der Waals surface area contributed by atoms with Crippen molar-refractivity contribution in [2.45, 2.75) is 25.7 Å². The standard InChI is InChI=1S/C15H17N3OS/c1-10-18-12(9-20-10)4-7-17-15(19)14-8-13(14)11-2-5-16-6-3-11/h2-3,5-6,9,13-14H,4,7-8H2,1H3,(H,17,19)/t13-,14+/m0/s1. The van der Waals surface area contributed by atoms with Gasteiger partial charge >= 0.3 is 0 Å². The van der Waals surface area contributed by atoms with Crippen LogP contribution < -0.4 is 5.32 Å². The van der Waals surface area contributed by atoms with Crippen LogP contribution in [0.1, 0.15) is 28.6 Å². The smallest absolute Gasteiger partial charge is 0.223 e. The normalized spacial score (nSPS) is 20.6. The zero-order valence-corrected chi connectivity index (χ0v) is 12.2. The molecule has 4 nitrogen and oxygen atoms in total. The molecular formula is C15H17N3OS. The Hall–Kier alpha value is -1.75. The molecule has 1 aliphatic carbocycles. The van der Waals surface area contributed by atoms with Crippen molar-refractivity contribution in [3.05, 3.63) is 46.2 Å². The maximum absolute atomic E-state index is 12.0. The monoisotopic (exact) mass is 287 g/mol. The third-order valence-electron chi connectivity index (χ3n) is 3.61.